The van der Waals surface area contributed by atoms with Crippen LogP contribution in [0.25, 0.3) is 0 Å². The fourth-order valence-electron chi connectivity index (χ4n) is 0.529. The van der Waals surface area contributed by atoms with Crippen LogP contribution in [0.1, 0.15) is 19.8 Å². The molecule has 0 spiro atoms. The van der Waals surface area contributed by atoms with E-state index < -0.39 is 7.42 Å². The maximum atomic E-state index is 8.27. The predicted octanol–water partition coefficient (Wildman–Crippen LogP) is 2.38. The van der Waals surface area contributed by atoms with Gasteiger partial charge >= 0.3 is 0 Å². The van der Waals surface area contributed by atoms with Gasteiger partial charge in [-0.25, -0.2) is 0 Å². The van der Waals surface area contributed by atoms with Crippen LogP contribution in [0.5, 0.6) is 0 Å². The highest BCUT2D eigenvalue weighted by atomic mass is 35.7. The van der Waals surface area contributed by atoms with Crippen molar-refractivity contribution in [2.45, 2.75) is 25.3 Å². The summed E-state index contributed by atoms with van der Waals surface area (Å²) in [6.45, 7) is 2.01. The van der Waals surface area contributed by atoms with Crippen LogP contribution in [0.4, 0.5) is 0 Å². The molecule has 9 heavy (non-hydrogen) atoms. The van der Waals surface area contributed by atoms with Crippen LogP contribution >= 0.6 is 22.2 Å². The standard InChI is InChI=1S/C5H9Cl2NSi/c1-2-5(3-4-8)9(6)7/h5,9H,2-3H2,1H3. The summed E-state index contributed by atoms with van der Waals surface area (Å²) in [6.07, 6.45) is 1.44. The molecule has 0 saturated heterocycles. The molecule has 0 fully saturated rings. The molecule has 0 aliphatic heterocycles. The van der Waals surface area contributed by atoms with Crippen molar-refractivity contribution in [2.24, 2.45) is 0 Å². The monoisotopic (exact) mass is 181 g/mol. The van der Waals surface area contributed by atoms with Crippen LogP contribution in [-0.2, 0) is 0 Å². The molecule has 0 N–H and O–H groups in total. The molecule has 1 nitrogen and oxygen atoms in total. The summed E-state index contributed by atoms with van der Waals surface area (Å²) in [5.74, 6) is 0. The highest BCUT2D eigenvalue weighted by molar-refractivity contribution is 7.34. The first kappa shape index (κ1) is 9.29. The molecule has 0 amide bonds. The Morgan fingerprint density at radius 3 is 2.33 bits per heavy atom. The van der Waals surface area contributed by atoms with Crippen molar-refractivity contribution >= 4 is 29.6 Å². The van der Waals surface area contributed by atoms with Gasteiger partial charge in [-0.15, -0.1) is 0 Å². The Labute approximate surface area is 66.6 Å². The van der Waals surface area contributed by atoms with E-state index in [0.29, 0.717) is 6.42 Å². The number of rotatable bonds is 3. The molecular weight excluding hydrogens is 173 g/mol. The average molecular weight is 182 g/mol. The lowest BCUT2D eigenvalue weighted by atomic mass is 10.3. The zero-order valence-corrected chi connectivity index (χ0v) is 7.94. The van der Waals surface area contributed by atoms with Gasteiger partial charge in [-0.1, -0.05) is 13.3 Å². The van der Waals surface area contributed by atoms with Crippen LogP contribution in [0, 0.1) is 11.3 Å². The minimum absolute atomic E-state index is 0.276. The lowest BCUT2D eigenvalue weighted by molar-refractivity contribution is 0.811. The van der Waals surface area contributed by atoms with Gasteiger partial charge in [0, 0.05) is 6.42 Å². The van der Waals surface area contributed by atoms with E-state index in [4.69, 9.17) is 27.4 Å². The lowest BCUT2D eigenvalue weighted by Gasteiger charge is -2.07. The third-order valence-electron chi connectivity index (χ3n) is 1.23. The molecule has 0 bridgehead atoms. The second-order valence-corrected chi connectivity index (χ2v) is 6.97. The van der Waals surface area contributed by atoms with Crippen molar-refractivity contribution in [1.29, 1.82) is 5.26 Å². The van der Waals surface area contributed by atoms with Crippen molar-refractivity contribution in [2.75, 3.05) is 0 Å². The normalized spacial score (nSPS) is 13.2. The summed E-state index contributed by atoms with van der Waals surface area (Å²) in [4.78, 5) is 0. The lowest BCUT2D eigenvalue weighted by Crippen LogP contribution is -2.04. The van der Waals surface area contributed by atoms with Crippen molar-refractivity contribution in [1.82, 2.24) is 0 Å². The molecule has 1 unspecified atom stereocenters. The van der Waals surface area contributed by atoms with Gasteiger partial charge in [-0.05, 0) is 5.54 Å². The molecule has 0 saturated carbocycles. The SMILES string of the molecule is CCC(CC#N)[SiH](Cl)Cl. The van der Waals surface area contributed by atoms with E-state index in [9.17, 15) is 0 Å². The first-order chi connectivity index (χ1) is 4.22. The first-order valence-corrected chi connectivity index (χ1v) is 7.03. The Bertz CT molecular complexity index is 110. The minimum atomic E-state index is -1.58. The van der Waals surface area contributed by atoms with Crippen molar-refractivity contribution in [3.8, 4) is 6.07 Å². The summed E-state index contributed by atoms with van der Waals surface area (Å²) in [7, 11) is -1.58. The fourth-order valence-corrected chi connectivity index (χ4v) is 2.77. The zero-order valence-electron chi connectivity index (χ0n) is 5.27. The third-order valence-corrected chi connectivity index (χ3v) is 4.79. The number of hydrogen-bond acceptors (Lipinski definition) is 1. The highest BCUT2D eigenvalue weighted by Gasteiger charge is 2.15. The van der Waals surface area contributed by atoms with E-state index in [1.165, 1.54) is 0 Å². The van der Waals surface area contributed by atoms with E-state index >= 15 is 0 Å². The van der Waals surface area contributed by atoms with Crippen molar-refractivity contribution < 1.29 is 0 Å². The predicted molar refractivity (Wildman–Crippen MR) is 43.1 cm³/mol. The van der Waals surface area contributed by atoms with Gasteiger partial charge in [-0.2, -0.15) is 27.4 Å². The molecule has 0 aliphatic carbocycles. The van der Waals surface area contributed by atoms with E-state index in [1.807, 2.05) is 6.92 Å². The van der Waals surface area contributed by atoms with Gasteiger partial charge in [0.2, 0.25) is 7.42 Å². The van der Waals surface area contributed by atoms with Gasteiger partial charge in [0.1, 0.15) is 0 Å². The molecule has 0 aromatic heterocycles. The quantitative estimate of drug-likeness (QED) is 0.485. The summed E-state index contributed by atoms with van der Waals surface area (Å²) < 4.78 is 0. The average Bonchev–Trinajstić information content (AvgIpc) is 1.82. The fraction of sp³-hybridized carbons (Fsp3) is 0.800. The third kappa shape index (κ3) is 3.80. The Kier molecular flexibility index (Phi) is 5.26. The van der Waals surface area contributed by atoms with Gasteiger partial charge in [0.05, 0.1) is 6.07 Å². The molecule has 0 aliphatic rings. The van der Waals surface area contributed by atoms with Crippen LogP contribution < -0.4 is 0 Å². The topological polar surface area (TPSA) is 23.8 Å². The molecule has 0 radical (unpaired) electrons. The van der Waals surface area contributed by atoms with Crippen molar-refractivity contribution in [3.63, 3.8) is 0 Å². The Morgan fingerprint density at radius 1 is 1.67 bits per heavy atom. The van der Waals surface area contributed by atoms with Gasteiger partial charge < -0.3 is 0 Å². The number of nitriles is 1. The Morgan fingerprint density at radius 2 is 2.22 bits per heavy atom. The molecule has 52 valence electrons. The van der Waals surface area contributed by atoms with Gasteiger partial charge in [0.15, 0.2) is 0 Å². The second-order valence-electron chi connectivity index (χ2n) is 1.87. The Hall–Kier alpha value is 0.287. The van der Waals surface area contributed by atoms with E-state index in [0.717, 1.165) is 6.42 Å². The number of nitrogens with zero attached hydrogens (tertiary/aromatic N) is 1. The molecule has 0 aromatic rings. The smallest absolute Gasteiger partial charge is 0.198 e. The summed E-state index contributed by atoms with van der Waals surface area (Å²) in [5.41, 5.74) is 0.276. The molecule has 1 atom stereocenters. The van der Waals surface area contributed by atoms with Crippen LogP contribution in [0.3, 0.4) is 0 Å². The number of hydrogen-bond donors (Lipinski definition) is 0. The molecule has 0 aromatic carbocycles. The summed E-state index contributed by atoms with van der Waals surface area (Å²) in [6, 6.07) is 2.07. The highest BCUT2D eigenvalue weighted by Crippen LogP contribution is 2.23. The minimum Gasteiger partial charge on any atom is -0.198 e. The molecule has 4 heteroatoms. The summed E-state index contributed by atoms with van der Waals surface area (Å²) in [5, 5.41) is 8.27. The maximum Gasteiger partial charge on any atom is 0.241 e. The van der Waals surface area contributed by atoms with Gasteiger partial charge in [0.25, 0.3) is 0 Å². The van der Waals surface area contributed by atoms with Crippen LogP contribution in [-0.4, -0.2) is 7.42 Å². The largest absolute Gasteiger partial charge is 0.241 e. The first-order valence-electron chi connectivity index (χ1n) is 2.87. The van der Waals surface area contributed by atoms with Crippen LogP contribution in [0.15, 0.2) is 0 Å². The van der Waals surface area contributed by atoms with E-state index in [-0.39, 0.29) is 5.54 Å². The second kappa shape index (κ2) is 5.10. The molecular formula is C5H9Cl2NSi. The number of halogens is 2. The summed E-state index contributed by atoms with van der Waals surface area (Å²) >= 11 is 11.4. The molecule has 0 heterocycles. The van der Waals surface area contributed by atoms with E-state index in [2.05, 4.69) is 6.07 Å². The van der Waals surface area contributed by atoms with Gasteiger partial charge in [-0.3, -0.25) is 0 Å². The Balaban J connectivity index is 3.57. The van der Waals surface area contributed by atoms with Crippen molar-refractivity contribution in [3.05, 3.63) is 0 Å². The zero-order chi connectivity index (χ0) is 7.28. The molecule has 0 rings (SSSR count). The maximum absolute atomic E-state index is 8.27. The van der Waals surface area contributed by atoms with E-state index in [1.54, 1.807) is 0 Å². The van der Waals surface area contributed by atoms with Crippen LogP contribution in [0.2, 0.25) is 5.54 Å².